The van der Waals surface area contributed by atoms with Gasteiger partial charge in [0.25, 0.3) is 5.56 Å². The molecule has 1 N–H and O–H groups in total. The van der Waals surface area contributed by atoms with Gasteiger partial charge < -0.3 is 9.30 Å². The minimum atomic E-state index is -3.33. The van der Waals surface area contributed by atoms with Crippen LogP contribution < -0.4 is 10.3 Å². The van der Waals surface area contributed by atoms with Crippen LogP contribution in [0.4, 0.5) is 0 Å². The number of benzene rings is 1. The van der Waals surface area contributed by atoms with Crippen LogP contribution in [0.25, 0.3) is 32.2 Å². The predicted octanol–water partition coefficient (Wildman–Crippen LogP) is 3.10. The Bertz CT molecular complexity index is 1810. The van der Waals surface area contributed by atoms with Gasteiger partial charge in [-0.2, -0.15) is 10.2 Å². The molecule has 5 aromatic rings. The number of aryl methyl sites for hydroxylation is 1. The van der Waals surface area contributed by atoms with Gasteiger partial charge in [-0.15, -0.1) is 11.3 Å². The van der Waals surface area contributed by atoms with Crippen LogP contribution in [-0.4, -0.2) is 58.5 Å². The molecule has 14 heteroatoms. The molecule has 0 aliphatic heterocycles. The zero-order valence-electron chi connectivity index (χ0n) is 22.1. The number of ether oxygens (including phenoxy) is 1. The van der Waals surface area contributed by atoms with Crippen LogP contribution in [0.15, 0.2) is 35.4 Å². The van der Waals surface area contributed by atoms with E-state index < -0.39 is 18.1 Å². The summed E-state index contributed by atoms with van der Waals surface area (Å²) in [4.78, 5) is 18.0. The van der Waals surface area contributed by atoms with E-state index >= 15 is 0 Å². The van der Waals surface area contributed by atoms with Gasteiger partial charge in [0.1, 0.15) is 17.3 Å². The van der Waals surface area contributed by atoms with Crippen molar-refractivity contribution >= 4 is 61.6 Å². The lowest BCUT2D eigenvalue weighted by molar-refractivity contribution is 0.0817. The normalized spacial score (nSPS) is 12.9. The largest absolute Gasteiger partial charge is 0.360 e. The molecule has 0 bridgehead atoms. The van der Waals surface area contributed by atoms with Crippen molar-refractivity contribution < 1.29 is 13.2 Å². The highest BCUT2D eigenvalue weighted by Crippen LogP contribution is 2.31. The van der Waals surface area contributed by atoms with Crippen molar-refractivity contribution in [1.29, 1.82) is 0 Å². The highest BCUT2D eigenvalue weighted by atomic mass is 32.2. The molecule has 0 fully saturated rings. The lowest BCUT2D eigenvalue weighted by Crippen LogP contribution is -2.24. The van der Waals surface area contributed by atoms with E-state index in [1.807, 2.05) is 29.1 Å². The average molecular weight is 574 g/mol. The first-order chi connectivity index (χ1) is 17.9. The smallest absolute Gasteiger partial charge is 0.291 e. The van der Waals surface area contributed by atoms with E-state index in [2.05, 4.69) is 39.5 Å². The van der Waals surface area contributed by atoms with Crippen molar-refractivity contribution in [1.82, 2.24) is 33.8 Å². The predicted molar refractivity (Wildman–Crippen MR) is 153 cm³/mol. The van der Waals surface area contributed by atoms with Gasteiger partial charge in [0.15, 0.2) is 5.65 Å². The Labute approximate surface area is 225 Å². The zero-order valence-corrected chi connectivity index (χ0v) is 24.7. The maximum Gasteiger partial charge on any atom is 0.291 e. The number of hydrogen-bond acceptors (Lipinski definition) is 8. The standard InChI is InChI=1S/C24H31N7O4S2Si/c1-29-21-18(22-23(29)28-20(36-22)13-27-37(2,33)34)12-25-30(24(21)32)14-16-7-6-8-19-17(16)11-26-31(19)15-35-9-10-38(3,4)5/h6-8,11-12,27H,9-10,13-15H2,1-5H3. The van der Waals surface area contributed by atoms with E-state index in [0.717, 1.165) is 40.1 Å². The summed E-state index contributed by atoms with van der Waals surface area (Å²) in [6.45, 7) is 8.47. The summed E-state index contributed by atoms with van der Waals surface area (Å²) in [6.07, 6.45) is 4.60. The molecule has 0 saturated heterocycles. The Morgan fingerprint density at radius 2 is 1.84 bits per heavy atom. The van der Waals surface area contributed by atoms with Gasteiger partial charge in [-0.1, -0.05) is 31.8 Å². The Kier molecular flexibility index (Phi) is 7.02. The van der Waals surface area contributed by atoms with E-state index in [0.29, 0.717) is 34.8 Å². The van der Waals surface area contributed by atoms with Crippen molar-refractivity contribution in [2.45, 2.75) is 45.5 Å². The summed E-state index contributed by atoms with van der Waals surface area (Å²) in [5.41, 5.74) is 2.81. The summed E-state index contributed by atoms with van der Waals surface area (Å²) in [5, 5.41) is 11.3. The quantitative estimate of drug-likeness (QED) is 0.201. The Morgan fingerprint density at radius 3 is 2.58 bits per heavy atom. The number of sulfonamides is 1. The minimum absolute atomic E-state index is 0.102. The van der Waals surface area contributed by atoms with Crippen LogP contribution in [0.5, 0.6) is 0 Å². The van der Waals surface area contributed by atoms with Crippen LogP contribution in [0.1, 0.15) is 10.6 Å². The van der Waals surface area contributed by atoms with E-state index in [-0.39, 0.29) is 12.1 Å². The second-order valence-electron chi connectivity index (χ2n) is 10.6. The molecule has 0 spiro atoms. The number of fused-ring (bicyclic) bond motifs is 4. The third-order valence-electron chi connectivity index (χ3n) is 6.36. The van der Waals surface area contributed by atoms with Gasteiger partial charge in [0.2, 0.25) is 10.0 Å². The van der Waals surface area contributed by atoms with Crippen molar-refractivity contribution in [2.24, 2.45) is 7.05 Å². The van der Waals surface area contributed by atoms with Gasteiger partial charge in [0, 0.05) is 32.5 Å². The Balaban J connectivity index is 1.41. The number of nitrogens with one attached hydrogen (secondary N) is 1. The molecule has 0 atom stereocenters. The molecule has 4 heterocycles. The summed E-state index contributed by atoms with van der Waals surface area (Å²) < 4.78 is 37.1. The van der Waals surface area contributed by atoms with E-state index in [1.165, 1.54) is 16.0 Å². The average Bonchev–Trinajstić information content (AvgIpc) is 3.51. The summed E-state index contributed by atoms with van der Waals surface area (Å²) >= 11 is 1.35. The molecule has 4 aromatic heterocycles. The maximum absolute atomic E-state index is 13.5. The van der Waals surface area contributed by atoms with Crippen LogP contribution in [0.3, 0.4) is 0 Å². The molecule has 0 aliphatic carbocycles. The molecule has 0 unspecified atom stereocenters. The number of hydrogen-bond donors (Lipinski definition) is 1. The Morgan fingerprint density at radius 1 is 1.11 bits per heavy atom. The first-order valence-electron chi connectivity index (χ1n) is 12.2. The molecule has 38 heavy (non-hydrogen) atoms. The van der Waals surface area contributed by atoms with Gasteiger partial charge in [-0.05, 0) is 17.7 Å². The topological polar surface area (TPSA) is 126 Å². The van der Waals surface area contributed by atoms with Gasteiger partial charge >= 0.3 is 0 Å². The molecular formula is C24H31N7O4S2Si. The summed E-state index contributed by atoms with van der Waals surface area (Å²) in [7, 11) is -2.70. The third kappa shape index (κ3) is 5.45. The lowest BCUT2D eigenvalue weighted by Gasteiger charge is -2.15. The molecule has 11 nitrogen and oxygen atoms in total. The fourth-order valence-electron chi connectivity index (χ4n) is 4.31. The number of thiazole rings is 1. The van der Waals surface area contributed by atoms with E-state index in [4.69, 9.17) is 4.74 Å². The second kappa shape index (κ2) is 10.0. The molecular weight excluding hydrogens is 543 g/mol. The Hall–Kier alpha value is -2.91. The highest BCUT2D eigenvalue weighted by Gasteiger charge is 2.19. The first kappa shape index (κ1) is 26.7. The number of nitrogens with zero attached hydrogens (tertiary/aromatic N) is 6. The number of rotatable bonds is 10. The number of aromatic nitrogens is 6. The molecule has 202 valence electrons. The van der Waals surface area contributed by atoms with Gasteiger partial charge in [-0.25, -0.2) is 27.5 Å². The van der Waals surface area contributed by atoms with Crippen molar-refractivity contribution in [3.8, 4) is 0 Å². The van der Waals surface area contributed by atoms with Crippen molar-refractivity contribution in [3.63, 3.8) is 0 Å². The van der Waals surface area contributed by atoms with Crippen LogP contribution in [0.2, 0.25) is 25.7 Å². The van der Waals surface area contributed by atoms with E-state index in [1.54, 1.807) is 17.8 Å². The van der Waals surface area contributed by atoms with Crippen LogP contribution in [-0.2, 0) is 41.6 Å². The monoisotopic (exact) mass is 573 g/mol. The van der Waals surface area contributed by atoms with Crippen LogP contribution >= 0.6 is 11.3 Å². The molecule has 1 aromatic carbocycles. The molecule has 0 saturated carbocycles. The van der Waals surface area contributed by atoms with Crippen molar-refractivity contribution in [3.05, 3.63) is 51.5 Å². The molecule has 0 aliphatic rings. The van der Waals surface area contributed by atoms with Crippen LogP contribution in [0, 0.1) is 0 Å². The fraction of sp³-hybridized carbons (Fsp3) is 0.417. The van der Waals surface area contributed by atoms with Crippen molar-refractivity contribution in [2.75, 3.05) is 12.9 Å². The van der Waals surface area contributed by atoms with Gasteiger partial charge in [-0.3, -0.25) is 4.79 Å². The van der Waals surface area contributed by atoms with Gasteiger partial charge in [0.05, 0.1) is 42.0 Å². The SMILES string of the molecule is Cn1c2nc(CNS(C)(=O)=O)sc2c2cnn(Cc3cccc4c3cnn4COCC[Si](C)(C)C)c(=O)c21. The zero-order chi connectivity index (χ0) is 27.2. The summed E-state index contributed by atoms with van der Waals surface area (Å²) in [6, 6.07) is 7.03. The summed E-state index contributed by atoms with van der Waals surface area (Å²) in [5.74, 6) is 0. The fourth-order valence-corrected chi connectivity index (χ4v) is 6.60. The van der Waals surface area contributed by atoms with E-state index in [9.17, 15) is 13.2 Å². The third-order valence-corrected chi connectivity index (χ3v) is 9.81. The molecule has 5 rings (SSSR count). The first-order valence-corrected chi connectivity index (χ1v) is 18.6. The minimum Gasteiger partial charge on any atom is -0.360 e. The lowest BCUT2D eigenvalue weighted by atomic mass is 10.1. The highest BCUT2D eigenvalue weighted by molar-refractivity contribution is 7.88. The second-order valence-corrected chi connectivity index (χ2v) is 19.2. The molecule has 0 radical (unpaired) electrons. The maximum atomic E-state index is 13.5. The molecule has 0 amide bonds.